The number of phenols is 3. The van der Waals surface area contributed by atoms with E-state index < -0.39 is 12.2 Å². The summed E-state index contributed by atoms with van der Waals surface area (Å²) in [6.45, 7) is 6.72. The molecule has 3 aromatic rings. The molecule has 6 rings (SSSR count). The summed E-state index contributed by atoms with van der Waals surface area (Å²) in [6, 6.07) is 8.88. The summed E-state index contributed by atoms with van der Waals surface area (Å²) in [5.41, 5.74) is 5.15. The number of aliphatic hydroxyl groups is 2. The van der Waals surface area contributed by atoms with Crippen LogP contribution in [0.3, 0.4) is 0 Å². The number of aliphatic hydroxyl groups excluding tert-OH is 2. The van der Waals surface area contributed by atoms with Crippen LogP contribution in [-0.4, -0.2) is 70.1 Å². The van der Waals surface area contributed by atoms with Crippen molar-refractivity contribution in [1.29, 1.82) is 0 Å². The van der Waals surface area contributed by atoms with Crippen LogP contribution in [-0.2, 0) is 6.42 Å². The lowest BCUT2D eigenvalue weighted by atomic mass is 9.71. The highest BCUT2D eigenvalue weighted by Gasteiger charge is 2.44. The van der Waals surface area contributed by atoms with Crippen molar-refractivity contribution < 1.29 is 44.5 Å². The van der Waals surface area contributed by atoms with Gasteiger partial charge in [0, 0.05) is 40.2 Å². The van der Waals surface area contributed by atoms with Gasteiger partial charge in [0.05, 0.1) is 20.3 Å². The van der Waals surface area contributed by atoms with E-state index in [2.05, 4.69) is 20.8 Å². The second-order valence-electron chi connectivity index (χ2n) is 13.8. The SMILES string of the molecule is COc1c(O)c(OCCC(C)C)cc([C@@H]2Oc3cc(OCCO)c4c5c3[C@H](CSSCC[C@H](C)CC[C@H](C5)c3cc(O)ccc3-4)[C@H]2O)c1O. The molecule has 2 aliphatic heterocycles. The minimum absolute atomic E-state index is 0.0780. The van der Waals surface area contributed by atoms with E-state index in [4.69, 9.17) is 18.9 Å². The van der Waals surface area contributed by atoms with Crippen LogP contribution in [0.25, 0.3) is 11.1 Å². The topological polar surface area (TPSA) is 138 Å². The molecule has 266 valence electrons. The first-order chi connectivity index (χ1) is 23.6. The molecule has 49 heavy (non-hydrogen) atoms. The van der Waals surface area contributed by atoms with Gasteiger partial charge in [-0.15, -0.1) is 0 Å². The number of hydrogen-bond donors (Lipinski definition) is 5. The van der Waals surface area contributed by atoms with Crippen LogP contribution in [0.4, 0.5) is 0 Å². The predicted octanol–water partition coefficient (Wildman–Crippen LogP) is 7.69. The van der Waals surface area contributed by atoms with Gasteiger partial charge in [0.1, 0.15) is 30.0 Å². The Bertz CT molecular complexity index is 1640. The zero-order valence-electron chi connectivity index (χ0n) is 28.6. The van der Waals surface area contributed by atoms with Crippen molar-refractivity contribution in [2.45, 2.75) is 76.9 Å². The molecule has 0 saturated carbocycles. The smallest absolute Gasteiger partial charge is 0.207 e. The molecule has 5 atom stereocenters. The van der Waals surface area contributed by atoms with Crippen molar-refractivity contribution in [2.75, 3.05) is 38.4 Å². The van der Waals surface area contributed by atoms with Crippen molar-refractivity contribution in [3.63, 3.8) is 0 Å². The third-order valence-electron chi connectivity index (χ3n) is 10.0. The van der Waals surface area contributed by atoms with Crippen LogP contribution in [0.15, 0.2) is 30.3 Å². The summed E-state index contributed by atoms with van der Waals surface area (Å²) in [5.74, 6) is 2.93. The Labute approximate surface area is 296 Å². The van der Waals surface area contributed by atoms with Gasteiger partial charge in [-0.1, -0.05) is 54.8 Å². The van der Waals surface area contributed by atoms with E-state index in [0.717, 1.165) is 59.3 Å². The standard InChI is InChI=1S/C38H48O9S2/c1-20(2)9-12-45-31-17-27(34(41)38(44-4)36(31)43)37-35(42)28-19-49-48-14-10-21(3)5-6-22-15-26-32(24-8-7-23(40)16-25(22)24)29(46-13-11-39)18-30(47-37)33(26)28/h7-8,16-18,20-22,28,35,37,39-43H,5-6,9-15,19H2,1-4H3/t21-,22-,28+,35-,37+/m1/s1. The zero-order valence-corrected chi connectivity index (χ0v) is 30.2. The van der Waals surface area contributed by atoms with Gasteiger partial charge in [0.15, 0.2) is 17.6 Å². The molecule has 5 N–H and O–H groups in total. The highest BCUT2D eigenvalue weighted by Crippen LogP contribution is 2.58. The Balaban J connectivity index is 1.53. The van der Waals surface area contributed by atoms with Crippen LogP contribution in [0, 0.1) is 11.8 Å². The minimum Gasteiger partial charge on any atom is -0.508 e. The van der Waals surface area contributed by atoms with Crippen molar-refractivity contribution in [2.24, 2.45) is 11.8 Å². The lowest BCUT2D eigenvalue weighted by Gasteiger charge is -2.41. The van der Waals surface area contributed by atoms with Crippen molar-refractivity contribution in [1.82, 2.24) is 0 Å². The number of fused-ring (bicyclic) bond motifs is 4. The summed E-state index contributed by atoms with van der Waals surface area (Å²) in [6.07, 6.45) is 2.43. The Morgan fingerprint density at radius 3 is 2.49 bits per heavy atom. The fourth-order valence-electron chi connectivity index (χ4n) is 7.35. The van der Waals surface area contributed by atoms with Crippen molar-refractivity contribution >= 4 is 21.6 Å². The van der Waals surface area contributed by atoms with E-state index in [1.165, 1.54) is 13.2 Å². The molecule has 0 fully saturated rings. The normalized spacial score (nSPS) is 23.4. The van der Waals surface area contributed by atoms with E-state index >= 15 is 0 Å². The number of methoxy groups -OCH3 is 1. The van der Waals surface area contributed by atoms with Gasteiger partial charge < -0.3 is 44.5 Å². The van der Waals surface area contributed by atoms with E-state index in [-0.39, 0.29) is 59.4 Å². The van der Waals surface area contributed by atoms with Crippen LogP contribution in [0.1, 0.15) is 86.6 Å². The molecule has 2 heterocycles. The first-order valence-corrected chi connectivity index (χ1v) is 19.7. The van der Waals surface area contributed by atoms with Gasteiger partial charge in [0.25, 0.3) is 0 Å². The molecular weight excluding hydrogens is 665 g/mol. The second-order valence-corrected chi connectivity index (χ2v) is 16.5. The highest BCUT2D eigenvalue weighted by atomic mass is 33.1. The number of hydrogen-bond acceptors (Lipinski definition) is 11. The maximum Gasteiger partial charge on any atom is 0.207 e. The van der Waals surface area contributed by atoms with Crippen LogP contribution in [0.2, 0.25) is 0 Å². The third kappa shape index (κ3) is 7.22. The average Bonchev–Trinajstić information content (AvgIpc) is 3.08. The number of ether oxygens (including phenoxy) is 4. The number of phenolic OH excluding ortho intramolecular Hbond substituents is 3. The fraction of sp³-hybridized carbons (Fsp3) is 0.526. The monoisotopic (exact) mass is 712 g/mol. The molecule has 2 bridgehead atoms. The number of rotatable bonds is 9. The molecule has 0 saturated heterocycles. The molecule has 11 heteroatoms. The summed E-state index contributed by atoms with van der Waals surface area (Å²) < 4.78 is 24.3. The van der Waals surface area contributed by atoms with Crippen molar-refractivity contribution in [3.05, 3.63) is 52.6 Å². The summed E-state index contributed by atoms with van der Waals surface area (Å²) in [5, 5.41) is 55.0. The molecule has 0 amide bonds. The Morgan fingerprint density at radius 1 is 0.939 bits per heavy atom. The summed E-state index contributed by atoms with van der Waals surface area (Å²) in [4.78, 5) is 0. The molecule has 3 aliphatic rings. The first kappa shape index (κ1) is 35.7. The quantitative estimate of drug-likeness (QED) is 0.140. The van der Waals surface area contributed by atoms with Crippen LogP contribution in [0.5, 0.6) is 40.2 Å². The maximum absolute atomic E-state index is 12.3. The van der Waals surface area contributed by atoms with Gasteiger partial charge in [-0.2, -0.15) is 0 Å². The van der Waals surface area contributed by atoms with Gasteiger partial charge in [-0.25, -0.2) is 0 Å². The predicted molar refractivity (Wildman–Crippen MR) is 194 cm³/mol. The molecule has 0 unspecified atom stereocenters. The summed E-state index contributed by atoms with van der Waals surface area (Å²) >= 11 is 0. The van der Waals surface area contributed by atoms with Gasteiger partial charge in [0.2, 0.25) is 11.5 Å². The lowest BCUT2D eigenvalue weighted by Crippen LogP contribution is -2.37. The fourth-order valence-corrected chi connectivity index (χ4v) is 9.94. The van der Waals surface area contributed by atoms with Gasteiger partial charge in [-0.3, -0.25) is 0 Å². The Morgan fingerprint density at radius 2 is 1.73 bits per heavy atom. The van der Waals surface area contributed by atoms with E-state index in [9.17, 15) is 25.5 Å². The van der Waals surface area contributed by atoms with Gasteiger partial charge >= 0.3 is 0 Å². The zero-order chi connectivity index (χ0) is 34.8. The molecule has 1 aliphatic carbocycles. The van der Waals surface area contributed by atoms with Crippen LogP contribution < -0.4 is 18.9 Å². The van der Waals surface area contributed by atoms with Crippen LogP contribution >= 0.6 is 21.6 Å². The highest BCUT2D eigenvalue weighted by molar-refractivity contribution is 8.76. The van der Waals surface area contributed by atoms with E-state index in [1.807, 2.05) is 18.2 Å². The second kappa shape index (κ2) is 15.4. The molecule has 0 aromatic heterocycles. The number of aromatic hydroxyl groups is 3. The Hall–Kier alpha value is -3.12. The largest absolute Gasteiger partial charge is 0.508 e. The van der Waals surface area contributed by atoms with E-state index in [1.54, 1.807) is 27.7 Å². The molecule has 0 spiro atoms. The number of benzene rings is 3. The maximum atomic E-state index is 12.3. The van der Waals surface area contributed by atoms with E-state index in [0.29, 0.717) is 42.1 Å². The lowest BCUT2D eigenvalue weighted by molar-refractivity contribution is 0.00290. The molecule has 9 nitrogen and oxygen atoms in total. The third-order valence-corrected chi connectivity index (χ3v) is 12.5. The average molecular weight is 713 g/mol. The first-order valence-electron chi connectivity index (χ1n) is 17.2. The minimum atomic E-state index is -1.07. The molecule has 3 aromatic carbocycles. The van der Waals surface area contributed by atoms with Gasteiger partial charge in [-0.05, 0) is 78.3 Å². The molecule has 0 radical (unpaired) electrons. The molecular formula is C38H48O9S2. The Kier molecular flexibility index (Phi) is 11.2. The van der Waals surface area contributed by atoms with Crippen molar-refractivity contribution in [3.8, 4) is 51.4 Å². The summed E-state index contributed by atoms with van der Waals surface area (Å²) in [7, 11) is 4.90.